The van der Waals surface area contributed by atoms with Crippen molar-refractivity contribution in [2.24, 2.45) is 17.6 Å². The van der Waals surface area contributed by atoms with Crippen LogP contribution >= 0.6 is 0 Å². The third-order valence-electron chi connectivity index (χ3n) is 5.82. The van der Waals surface area contributed by atoms with Crippen LogP contribution in [0.1, 0.15) is 35.2 Å². The molecule has 2 unspecified atom stereocenters. The van der Waals surface area contributed by atoms with Crippen molar-refractivity contribution in [1.82, 2.24) is 4.90 Å². The lowest BCUT2D eigenvalue weighted by Gasteiger charge is -2.55. The standard InChI is InChI=1S/C19H28N2O3/c1-23-10-9-21-12-16-7-4-8-17(13-21)19(16,24-2)15-6-3-5-14(11-15)18(20)22/h3,5-6,11,16-17H,4,7-10,12-13H2,1-2H3,(H2,20,22). The predicted octanol–water partition coefficient (Wildman–Crippen LogP) is 2.01. The van der Waals surface area contributed by atoms with E-state index in [1.54, 1.807) is 13.2 Å². The number of methoxy groups -OCH3 is 2. The minimum absolute atomic E-state index is 0.312. The van der Waals surface area contributed by atoms with Crippen LogP contribution in [-0.4, -0.2) is 51.3 Å². The zero-order chi connectivity index (χ0) is 17.2. The monoisotopic (exact) mass is 332 g/mol. The minimum atomic E-state index is -0.384. The molecule has 1 aromatic carbocycles. The summed E-state index contributed by atoms with van der Waals surface area (Å²) >= 11 is 0. The molecule has 1 aliphatic heterocycles. The number of amides is 1. The van der Waals surface area contributed by atoms with Gasteiger partial charge in [0, 0.05) is 51.3 Å². The Bertz CT molecular complexity index is 576. The molecule has 2 aliphatic rings. The van der Waals surface area contributed by atoms with Gasteiger partial charge in [0.05, 0.1) is 6.61 Å². The number of hydrogen-bond donors (Lipinski definition) is 1. The van der Waals surface area contributed by atoms with Gasteiger partial charge in [0.2, 0.25) is 5.91 Å². The third kappa shape index (κ3) is 2.96. The maximum atomic E-state index is 11.6. The van der Waals surface area contributed by atoms with Crippen LogP contribution in [0.4, 0.5) is 0 Å². The maximum absolute atomic E-state index is 11.6. The van der Waals surface area contributed by atoms with Crippen LogP contribution < -0.4 is 5.73 Å². The predicted molar refractivity (Wildman–Crippen MR) is 92.8 cm³/mol. The molecule has 1 heterocycles. The Kier molecular flexibility index (Phi) is 5.23. The lowest BCUT2D eigenvalue weighted by atomic mass is 9.62. The molecule has 1 saturated heterocycles. The van der Waals surface area contributed by atoms with Gasteiger partial charge in [-0.1, -0.05) is 18.6 Å². The molecule has 1 aliphatic carbocycles. The first-order valence-electron chi connectivity index (χ1n) is 8.78. The summed E-state index contributed by atoms with van der Waals surface area (Å²) in [5, 5.41) is 0. The molecular weight excluding hydrogens is 304 g/mol. The molecule has 24 heavy (non-hydrogen) atoms. The van der Waals surface area contributed by atoms with Gasteiger partial charge in [-0.25, -0.2) is 0 Å². The fraction of sp³-hybridized carbons (Fsp3) is 0.632. The largest absolute Gasteiger partial charge is 0.383 e. The summed E-state index contributed by atoms with van der Waals surface area (Å²) in [5.74, 6) is 0.468. The molecular formula is C19H28N2O3. The molecule has 5 heteroatoms. The van der Waals surface area contributed by atoms with Crippen LogP contribution in [0.25, 0.3) is 0 Å². The number of piperidine rings is 1. The number of benzene rings is 1. The van der Waals surface area contributed by atoms with E-state index in [9.17, 15) is 4.79 Å². The molecule has 132 valence electrons. The van der Waals surface area contributed by atoms with E-state index in [-0.39, 0.29) is 11.5 Å². The van der Waals surface area contributed by atoms with Gasteiger partial charge >= 0.3 is 0 Å². The second-order valence-corrected chi connectivity index (χ2v) is 7.02. The van der Waals surface area contributed by atoms with Crippen LogP contribution in [0.3, 0.4) is 0 Å². The van der Waals surface area contributed by atoms with Gasteiger partial charge in [-0.2, -0.15) is 0 Å². The van der Waals surface area contributed by atoms with Gasteiger partial charge in [0.25, 0.3) is 0 Å². The Morgan fingerprint density at radius 1 is 1.29 bits per heavy atom. The Morgan fingerprint density at radius 3 is 2.58 bits per heavy atom. The number of hydrogen-bond acceptors (Lipinski definition) is 4. The summed E-state index contributed by atoms with van der Waals surface area (Å²) in [5.41, 5.74) is 6.83. The molecule has 2 fully saturated rings. The molecule has 1 saturated carbocycles. The summed E-state index contributed by atoms with van der Waals surface area (Å²) < 4.78 is 11.5. The Labute approximate surface area is 144 Å². The molecule has 1 amide bonds. The summed E-state index contributed by atoms with van der Waals surface area (Å²) in [7, 11) is 3.56. The van der Waals surface area contributed by atoms with Crippen LogP contribution in [-0.2, 0) is 15.1 Å². The van der Waals surface area contributed by atoms with Crippen LogP contribution in [0, 0.1) is 11.8 Å². The summed E-state index contributed by atoms with van der Waals surface area (Å²) in [6, 6.07) is 7.72. The fourth-order valence-electron chi connectivity index (χ4n) is 4.77. The molecule has 2 N–H and O–H groups in total. The van der Waals surface area contributed by atoms with Crippen molar-refractivity contribution in [1.29, 1.82) is 0 Å². The number of carbonyl (C=O) groups is 1. The van der Waals surface area contributed by atoms with E-state index in [1.165, 1.54) is 6.42 Å². The quantitative estimate of drug-likeness (QED) is 0.865. The average molecular weight is 332 g/mol. The highest BCUT2D eigenvalue weighted by Gasteiger charge is 2.53. The lowest BCUT2D eigenvalue weighted by Crippen LogP contribution is -2.59. The van der Waals surface area contributed by atoms with Gasteiger partial charge in [0.1, 0.15) is 5.60 Å². The number of fused-ring (bicyclic) bond motifs is 2. The molecule has 1 aromatic rings. The zero-order valence-corrected chi connectivity index (χ0v) is 14.7. The Balaban J connectivity index is 1.94. The highest BCUT2D eigenvalue weighted by atomic mass is 16.5. The zero-order valence-electron chi connectivity index (χ0n) is 14.7. The summed E-state index contributed by atoms with van der Waals surface area (Å²) in [6.45, 7) is 3.74. The number of ether oxygens (including phenoxy) is 2. The van der Waals surface area contributed by atoms with Crippen molar-refractivity contribution < 1.29 is 14.3 Å². The summed E-state index contributed by atoms with van der Waals surface area (Å²) in [4.78, 5) is 14.1. The number of nitrogens with zero attached hydrogens (tertiary/aromatic N) is 1. The number of rotatable bonds is 6. The van der Waals surface area contributed by atoms with E-state index in [4.69, 9.17) is 15.2 Å². The smallest absolute Gasteiger partial charge is 0.248 e. The van der Waals surface area contributed by atoms with Crippen molar-refractivity contribution in [3.63, 3.8) is 0 Å². The van der Waals surface area contributed by atoms with Crippen LogP contribution in [0.15, 0.2) is 24.3 Å². The van der Waals surface area contributed by atoms with E-state index in [0.717, 1.165) is 44.6 Å². The van der Waals surface area contributed by atoms with E-state index in [0.29, 0.717) is 17.4 Å². The first-order valence-corrected chi connectivity index (χ1v) is 8.78. The Morgan fingerprint density at radius 2 is 2.00 bits per heavy atom. The van der Waals surface area contributed by atoms with Crippen molar-refractivity contribution in [3.05, 3.63) is 35.4 Å². The van der Waals surface area contributed by atoms with Gasteiger partial charge in [-0.15, -0.1) is 0 Å². The molecule has 3 rings (SSSR count). The Hall–Kier alpha value is -1.43. The van der Waals surface area contributed by atoms with Crippen molar-refractivity contribution >= 4 is 5.91 Å². The molecule has 5 nitrogen and oxygen atoms in total. The normalized spacial score (nSPS) is 30.2. The van der Waals surface area contributed by atoms with Crippen molar-refractivity contribution in [3.8, 4) is 0 Å². The van der Waals surface area contributed by atoms with Crippen LogP contribution in [0.5, 0.6) is 0 Å². The van der Waals surface area contributed by atoms with E-state index in [1.807, 2.05) is 19.2 Å². The van der Waals surface area contributed by atoms with E-state index >= 15 is 0 Å². The van der Waals surface area contributed by atoms with Crippen molar-refractivity contribution in [2.45, 2.75) is 24.9 Å². The first kappa shape index (κ1) is 17.4. The maximum Gasteiger partial charge on any atom is 0.248 e. The highest BCUT2D eigenvalue weighted by molar-refractivity contribution is 5.92. The average Bonchev–Trinajstić information content (AvgIpc) is 2.59. The molecule has 0 spiro atoms. The lowest BCUT2D eigenvalue weighted by molar-refractivity contribution is -0.170. The number of nitrogens with two attached hydrogens (primary N) is 1. The van der Waals surface area contributed by atoms with Gasteiger partial charge in [-0.05, 0) is 30.5 Å². The van der Waals surface area contributed by atoms with Crippen molar-refractivity contribution in [2.75, 3.05) is 40.5 Å². The highest BCUT2D eigenvalue weighted by Crippen LogP contribution is 2.51. The van der Waals surface area contributed by atoms with Gasteiger partial charge in [0.15, 0.2) is 0 Å². The first-order chi connectivity index (χ1) is 11.6. The molecule has 0 radical (unpaired) electrons. The molecule has 2 atom stereocenters. The number of primary amides is 1. The van der Waals surface area contributed by atoms with Gasteiger partial charge < -0.3 is 20.1 Å². The number of carbonyl (C=O) groups excluding carboxylic acids is 1. The van der Waals surface area contributed by atoms with Gasteiger partial charge in [-0.3, -0.25) is 4.79 Å². The topological polar surface area (TPSA) is 64.8 Å². The minimum Gasteiger partial charge on any atom is -0.383 e. The SMILES string of the molecule is COCCN1CC2CCCC(C1)C2(OC)c1cccc(C(N)=O)c1. The molecule has 0 aromatic heterocycles. The van der Waals surface area contributed by atoms with E-state index < -0.39 is 0 Å². The number of likely N-dealkylation sites (tertiary alicyclic amines) is 1. The fourth-order valence-corrected chi connectivity index (χ4v) is 4.77. The van der Waals surface area contributed by atoms with Crippen LogP contribution in [0.2, 0.25) is 0 Å². The second-order valence-electron chi connectivity index (χ2n) is 7.02. The van der Waals surface area contributed by atoms with E-state index in [2.05, 4.69) is 11.0 Å². The molecule has 2 bridgehead atoms. The second kappa shape index (κ2) is 7.21. The third-order valence-corrected chi connectivity index (χ3v) is 5.82. The summed E-state index contributed by atoms with van der Waals surface area (Å²) in [6.07, 6.45) is 3.54.